The van der Waals surface area contributed by atoms with Gasteiger partial charge in [-0.25, -0.2) is 0 Å². The van der Waals surface area contributed by atoms with Gasteiger partial charge in [0.15, 0.2) is 6.10 Å². The van der Waals surface area contributed by atoms with Crippen molar-refractivity contribution in [1.82, 2.24) is 0 Å². The number of hydrogen-bond donors (Lipinski definition) is 1. The Morgan fingerprint density at radius 3 is 1.92 bits per heavy atom. The minimum Gasteiger partial charge on any atom is -0.379 e. The quantitative estimate of drug-likeness (QED) is 0.685. The van der Waals surface area contributed by atoms with Crippen LogP contribution in [0.25, 0.3) is 0 Å². The summed E-state index contributed by atoms with van der Waals surface area (Å²) in [5, 5.41) is 8.73. The monoisotopic (exact) mass is 199 g/mol. The van der Waals surface area contributed by atoms with Gasteiger partial charge in [0.05, 0.1) is 0 Å². The molecule has 1 N–H and O–H groups in total. The van der Waals surface area contributed by atoms with Crippen LogP contribution in [0, 0.1) is 0 Å². The van der Waals surface area contributed by atoms with Crippen LogP contribution in [0.15, 0.2) is 30.3 Å². The van der Waals surface area contributed by atoms with Gasteiger partial charge in [-0.15, -0.1) is 0 Å². The molecule has 0 heterocycles. The number of benzene rings is 1. The minimum atomic E-state index is -4.58. The van der Waals surface area contributed by atoms with Crippen molar-refractivity contribution >= 4 is 29.6 Å². The topological polar surface area (TPSA) is 20.2 Å². The Bertz CT molecular complexity index is 247. The fourth-order valence-electron chi connectivity index (χ4n) is 0.824. The summed E-state index contributed by atoms with van der Waals surface area (Å²) in [5.74, 6) is 0. The van der Waals surface area contributed by atoms with Gasteiger partial charge >= 0.3 is 6.18 Å². The largest absolute Gasteiger partial charge is 0.418 e. The second kappa shape index (κ2) is 5.00. The first-order valence-electron chi connectivity index (χ1n) is 3.31. The van der Waals surface area contributed by atoms with Gasteiger partial charge in [-0.1, -0.05) is 30.3 Å². The third-order valence-electron chi connectivity index (χ3n) is 1.43. The van der Waals surface area contributed by atoms with Crippen molar-refractivity contribution in [2.75, 3.05) is 0 Å². The molecule has 1 atom stereocenters. The molecule has 0 bridgehead atoms. The van der Waals surface area contributed by atoms with E-state index in [0.29, 0.717) is 0 Å². The molecule has 0 spiro atoms. The molecule has 0 aliphatic heterocycles. The Morgan fingerprint density at radius 2 is 1.54 bits per heavy atom. The molecule has 0 aliphatic rings. The molecule has 67 valence electrons. The van der Waals surface area contributed by atoms with E-state index in [4.69, 9.17) is 5.11 Å². The Balaban J connectivity index is 0.00000144. The van der Waals surface area contributed by atoms with Gasteiger partial charge in [-0.05, 0) is 5.56 Å². The zero-order valence-electron chi connectivity index (χ0n) is 7.05. The maximum Gasteiger partial charge on any atom is 0.418 e. The predicted molar refractivity (Wildman–Crippen MR) is 43.2 cm³/mol. The predicted octanol–water partition coefficient (Wildman–Crippen LogP) is 1.90. The van der Waals surface area contributed by atoms with E-state index in [1.54, 1.807) is 6.07 Å². The molecule has 1 rings (SSSR count). The molecule has 0 saturated carbocycles. The molecule has 1 unspecified atom stereocenters. The second-order valence-corrected chi connectivity index (χ2v) is 2.35. The molecule has 0 aliphatic carbocycles. The summed E-state index contributed by atoms with van der Waals surface area (Å²) in [6.07, 6.45) is -6.96. The summed E-state index contributed by atoms with van der Waals surface area (Å²) < 4.78 is 35.7. The number of alkyl halides is 3. The molecular weight excluding hydrogens is 192 g/mol. The number of hydrogen-bond acceptors (Lipinski definition) is 1. The fourth-order valence-corrected chi connectivity index (χ4v) is 0.824. The first-order chi connectivity index (χ1) is 5.52. The van der Waals surface area contributed by atoms with Gasteiger partial charge in [0, 0.05) is 29.6 Å². The average molecular weight is 199 g/mol. The Kier molecular flexibility index (Phi) is 4.99. The van der Waals surface area contributed by atoms with Gasteiger partial charge in [0.2, 0.25) is 0 Å². The fraction of sp³-hybridized carbons (Fsp3) is 0.250. The van der Waals surface area contributed by atoms with Gasteiger partial charge in [0.25, 0.3) is 0 Å². The maximum atomic E-state index is 11.9. The van der Waals surface area contributed by atoms with Crippen LogP contribution in [-0.2, 0) is 0 Å². The van der Waals surface area contributed by atoms with Crippen molar-refractivity contribution in [2.24, 2.45) is 0 Å². The van der Waals surface area contributed by atoms with E-state index in [-0.39, 0.29) is 35.1 Å². The molecule has 0 saturated heterocycles. The number of halogens is 3. The molecule has 1 nitrogen and oxygen atoms in total. The van der Waals surface area contributed by atoms with E-state index in [0.717, 1.165) is 0 Å². The normalized spacial score (nSPS) is 13.2. The third-order valence-corrected chi connectivity index (χ3v) is 1.43. The molecule has 1 radical (unpaired) electrons. The first kappa shape index (κ1) is 13.0. The molecule has 13 heavy (non-hydrogen) atoms. The second-order valence-electron chi connectivity index (χ2n) is 2.35. The van der Waals surface area contributed by atoms with Crippen LogP contribution in [0.5, 0.6) is 0 Å². The Morgan fingerprint density at radius 1 is 1.08 bits per heavy atom. The first-order valence-corrected chi connectivity index (χ1v) is 3.31. The minimum absolute atomic E-state index is 0. The smallest absolute Gasteiger partial charge is 0.379 e. The summed E-state index contributed by atoms with van der Waals surface area (Å²) in [5.41, 5.74) is -0.134. The van der Waals surface area contributed by atoms with Crippen LogP contribution in [-0.4, -0.2) is 40.8 Å². The number of aliphatic hydroxyl groups excluding tert-OH is 1. The van der Waals surface area contributed by atoms with Crippen molar-refractivity contribution in [3.8, 4) is 0 Å². The summed E-state index contributed by atoms with van der Waals surface area (Å²) >= 11 is 0. The SMILES string of the molecule is OC(c1ccccc1)C(F)(F)F.[Na]. The zero-order valence-corrected chi connectivity index (χ0v) is 9.05. The molecule has 0 aromatic heterocycles. The molecule has 5 heteroatoms. The van der Waals surface area contributed by atoms with Crippen LogP contribution < -0.4 is 0 Å². The van der Waals surface area contributed by atoms with Crippen molar-refractivity contribution in [3.05, 3.63) is 35.9 Å². The van der Waals surface area contributed by atoms with Crippen LogP contribution >= 0.6 is 0 Å². The van der Waals surface area contributed by atoms with Crippen LogP contribution in [0.3, 0.4) is 0 Å². The van der Waals surface area contributed by atoms with Gasteiger partial charge in [0.1, 0.15) is 0 Å². The van der Waals surface area contributed by atoms with E-state index in [9.17, 15) is 13.2 Å². The van der Waals surface area contributed by atoms with Crippen LogP contribution in [0.1, 0.15) is 11.7 Å². The van der Waals surface area contributed by atoms with Crippen molar-refractivity contribution in [2.45, 2.75) is 12.3 Å². The Hall–Kier alpha value is -0.0300. The number of aliphatic hydroxyl groups is 1. The maximum absolute atomic E-state index is 11.9. The van der Waals surface area contributed by atoms with Crippen molar-refractivity contribution < 1.29 is 18.3 Å². The van der Waals surface area contributed by atoms with E-state index in [2.05, 4.69) is 0 Å². The van der Waals surface area contributed by atoms with E-state index >= 15 is 0 Å². The van der Waals surface area contributed by atoms with Gasteiger partial charge in [-0.3, -0.25) is 0 Å². The molecular formula is C8H7F3NaO. The molecule has 0 fully saturated rings. The Labute approximate surface area is 95.9 Å². The summed E-state index contributed by atoms with van der Waals surface area (Å²) in [6, 6.07) is 6.96. The molecule has 1 aromatic carbocycles. The van der Waals surface area contributed by atoms with Crippen LogP contribution in [0.2, 0.25) is 0 Å². The summed E-state index contributed by atoms with van der Waals surface area (Å²) in [4.78, 5) is 0. The summed E-state index contributed by atoms with van der Waals surface area (Å²) in [6.45, 7) is 0. The van der Waals surface area contributed by atoms with E-state index in [1.165, 1.54) is 24.3 Å². The number of rotatable bonds is 1. The van der Waals surface area contributed by atoms with Gasteiger partial charge in [-0.2, -0.15) is 13.2 Å². The zero-order chi connectivity index (χ0) is 9.19. The van der Waals surface area contributed by atoms with Gasteiger partial charge < -0.3 is 5.11 Å². The molecule has 1 aromatic rings. The standard InChI is InChI=1S/C8H7F3O.Na/c9-8(10,11)7(12)6-4-2-1-3-5-6;/h1-5,7,12H;. The summed E-state index contributed by atoms with van der Waals surface area (Å²) in [7, 11) is 0. The van der Waals surface area contributed by atoms with Crippen molar-refractivity contribution in [3.63, 3.8) is 0 Å². The van der Waals surface area contributed by atoms with Crippen LogP contribution in [0.4, 0.5) is 13.2 Å². The van der Waals surface area contributed by atoms with E-state index in [1.807, 2.05) is 0 Å². The van der Waals surface area contributed by atoms with Crippen molar-refractivity contribution in [1.29, 1.82) is 0 Å². The van der Waals surface area contributed by atoms with E-state index < -0.39 is 12.3 Å². The third kappa shape index (κ3) is 3.68. The average Bonchev–Trinajstić information content (AvgIpc) is 2.03. The molecule has 0 amide bonds.